The molecule has 19 heavy (non-hydrogen) atoms. The molecular weight excluding hydrogens is 312 g/mol. The van der Waals surface area contributed by atoms with Crippen molar-refractivity contribution in [1.29, 1.82) is 0 Å². The number of rotatable bonds is 2. The molecule has 6 heteroatoms. The Morgan fingerprint density at radius 3 is 2.79 bits per heavy atom. The van der Waals surface area contributed by atoms with E-state index in [9.17, 15) is 5.11 Å². The van der Waals surface area contributed by atoms with Crippen LogP contribution >= 0.6 is 15.9 Å². The molecule has 0 bridgehead atoms. The summed E-state index contributed by atoms with van der Waals surface area (Å²) in [5.41, 5.74) is 1.58. The molecule has 0 unspecified atom stereocenters. The zero-order valence-electron chi connectivity index (χ0n) is 9.92. The summed E-state index contributed by atoms with van der Waals surface area (Å²) in [6.07, 6.45) is 1.58. The van der Waals surface area contributed by atoms with Crippen LogP contribution in [0.2, 0.25) is 0 Å². The second kappa shape index (κ2) is 4.55. The fraction of sp³-hybridized carbons (Fsp3) is 0.0769. The van der Waals surface area contributed by atoms with Gasteiger partial charge in [0.1, 0.15) is 5.75 Å². The smallest absolute Gasteiger partial charge is 0.258 e. The topological polar surface area (TPSA) is 72.3 Å². The number of halogens is 1. The Hall–Kier alpha value is -2.08. The Kier molecular flexibility index (Phi) is 2.87. The molecule has 0 amide bonds. The molecule has 0 saturated heterocycles. The Balaban J connectivity index is 2.01. The third kappa shape index (κ3) is 2.15. The molecule has 0 aliphatic carbocycles. The number of aromatic nitrogens is 2. The lowest BCUT2D eigenvalue weighted by molar-refractivity contribution is 0.428. The van der Waals surface area contributed by atoms with Gasteiger partial charge in [0.25, 0.3) is 5.89 Å². The van der Waals surface area contributed by atoms with Gasteiger partial charge in [-0.1, -0.05) is 5.16 Å². The minimum atomic E-state index is 0.117. The van der Waals surface area contributed by atoms with Crippen molar-refractivity contribution in [3.05, 3.63) is 40.6 Å². The summed E-state index contributed by atoms with van der Waals surface area (Å²) in [5.74, 6) is 1.41. The number of hydrogen-bond acceptors (Lipinski definition) is 5. The zero-order valence-corrected chi connectivity index (χ0v) is 11.5. The first kappa shape index (κ1) is 12.0. The molecule has 0 saturated carbocycles. The van der Waals surface area contributed by atoms with E-state index < -0.39 is 0 Å². The number of aromatic hydroxyl groups is 1. The molecule has 5 nitrogen and oxygen atoms in total. The lowest BCUT2D eigenvalue weighted by atomic mass is 10.2. The van der Waals surface area contributed by atoms with Gasteiger partial charge < -0.3 is 14.0 Å². The van der Waals surface area contributed by atoms with E-state index in [4.69, 9.17) is 8.94 Å². The normalized spacial score (nSPS) is 10.8. The second-order valence-corrected chi connectivity index (χ2v) is 4.88. The van der Waals surface area contributed by atoms with Gasteiger partial charge in [0.05, 0.1) is 10.7 Å². The van der Waals surface area contributed by atoms with E-state index in [0.717, 1.165) is 5.56 Å². The van der Waals surface area contributed by atoms with Gasteiger partial charge in [0.15, 0.2) is 5.76 Å². The van der Waals surface area contributed by atoms with Gasteiger partial charge in [0, 0.05) is 5.56 Å². The molecule has 3 rings (SSSR count). The van der Waals surface area contributed by atoms with Crippen molar-refractivity contribution < 1.29 is 14.0 Å². The molecule has 3 aromatic rings. The Labute approximate surface area is 117 Å². The molecular formula is C13H9BrN2O3. The maximum Gasteiger partial charge on any atom is 0.258 e. The molecule has 96 valence electrons. The average molecular weight is 321 g/mol. The Bertz CT molecular complexity index is 733. The minimum Gasteiger partial charge on any atom is -0.507 e. The summed E-state index contributed by atoms with van der Waals surface area (Å²) >= 11 is 3.22. The summed E-state index contributed by atoms with van der Waals surface area (Å²) in [4.78, 5) is 4.26. The van der Waals surface area contributed by atoms with E-state index in [1.54, 1.807) is 24.5 Å². The predicted molar refractivity (Wildman–Crippen MR) is 71.5 cm³/mol. The van der Waals surface area contributed by atoms with Gasteiger partial charge >= 0.3 is 0 Å². The first-order chi connectivity index (χ1) is 9.15. The van der Waals surface area contributed by atoms with Crippen LogP contribution in [-0.2, 0) is 0 Å². The van der Waals surface area contributed by atoms with Crippen molar-refractivity contribution in [3.63, 3.8) is 0 Å². The van der Waals surface area contributed by atoms with Crippen LogP contribution in [0.4, 0.5) is 0 Å². The number of aryl methyl sites for hydroxylation is 1. The van der Waals surface area contributed by atoms with E-state index in [-0.39, 0.29) is 5.75 Å². The lowest BCUT2D eigenvalue weighted by Gasteiger charge is -1.97. The van der Waals surface area contributed by atoms with Gasteiger partial charge in [-0.2, -0.15) is 4.98 Å². The number of phenols is 1. The van der Waals surface area contributed by atoms with Crippen molar-refractivity contribution in [3.8, 4) is 28.8 Å². The summed E-state index contributed by atoms with van der Waals surface area (Å²) in [6.45, 7) is 1.90. The SMILES string of the molecule is Cc1ccoc1-c1noc(-c2ccc(Br)c(O)c2)n1. The quantitative estimate of drug-likeness (QED) is 0.778. The van der Waals surface area contributed by atoms with Crippen LogP contribution in [-0.4, -0.2) is 15.2 Å². The fourth-order valence-corrected chi connectivity index (χ4v) is 1.93. The van der Waals surface area contributed by atoms with Crippen LogP contribution in [0.1, 0.15) is 5.56 Å². The van der Waals surface area contributed by atoms with E-state index >= 15 is 0 Å². The number of phenolic OH excluding ortho intramolecular Hbond substituents is 1. The highest BCUT2D eigenvalue weighted by atomic mass is 79.9. The first-order valence-electron chi connectivity index (χ1n) is 5.52. The van der Waals surface area contributed by atoms with Crippen LogP contribution < -0.4 is 0 Å². The highest BCUT2D eigenvalue weighted by Crippen LogP contribution is 2.30. The van der Waals surface area contributed by atoms with Crippen molar-refractivity contribution in [1.82, 2.24) is 10.1 Å². The third-order valence-electron chi connectivity index (χ3n) is 2.68. The molecule has 0 fully saturated rings. The molecule has 1 aromatic carbocycles. The van der Waals surface area contributed by atoms with E-state index in [0.29, 0.717) is 27.5 Å². The van der Waals surface area contributed by atoms with Crippen LogP contribution in [0.3, 0.4) is 0 Å². The van der Waals surface area contributed by atoms with Crippen LogP contribution in [0, 0.1) is 6.92 Å². The predicted octanol–water partition coefficient (Wildman–Crippen LogP) is 3.77. The molecule has 0 radical (unpaired) electrons. The summed E-state index contributed by atoms with van der Waals surface area (Å²) < 4.78 is 11.1. The summed E-state index contributed by atoms with van der Waals surface area (Å²) in [7, 11) is 0. The van der Waals surface area contributed by atoms with Crippen molar-refractivity contribution >= 4 is 15.9 Å². The molecule has 1 N–H and O–H groups in total. The van der Waals surface area contributed by atoms with Gasteiger partial charge in [-0.25, -0.2) is 0 Å². The van der Waals surface area contributed by atoms with Crippen LogP contribution in [0.25, 0.3) is 23.0 Å². The van der Waals surface area contributed by atoms with Gasteiger partial charge in [-0.3, -0.25) is 0 Å². The fourth-order valence-electron chi connectivity index (χ4n) is 1.68. The number of hydrogen-bond donors (Lipinski definition) is 1. The van der Waals surface area contributed by atoms with Crippen LogP contribution in [0.15, 0.2) is 43.9 Å². The second-order valence-electron chi connectivity index (χ2n) is 4.02. The zero-order chi connectivity index (χ0) is 13.4. The Morgan fingerprint density at radius 1 is 1.26 bits per heavy atom. The van der Waals surface area contributed by atoms with Crippen molar-refractivity contribution in [2.75, 3.05) is 0 Å². The van der Waals surface area contributed by atoms with Gasteiger partial charge in [-0.05, 0) is 52.7 Å². The van der Waals surface area contributed by atoms with Gasteiger partial charge in [0.2, 0.25) is 5.82 Å². The highest BCUT2D eigenvalue weighted by Gasteiger charge is 2.15. The lowest BCUT2D eigenvalue weighted by Crippen LogP contribution is -1.81. The molecule has 2 aromatic heterocycles. The minimum absolute atomic E-state index is 0.117. The summed E-state index contributed by atoms with van der Waals surface area (Å²) in [6, 6.07) is 6.87. The van der Waals surface area contributed by atoms with Crippen molar-refractivity contribution in [2.24, 2.45) is 0 Å². The van der Waals surface area contributed by atoms with E-state index in [1.807, 2.05) is 13.0 Å². The molecule has 0 atom stereocenters. The Morgan fingerprint density at radius 2 is 2.11 bits per heavy atom. The molecule has 0 aliphatic rings. The third-order valence-corrected chi connectivity index (χ3v) is 3.35. The highest BCUT2D eigenvalue weighted by molar-refractivity contribution is 9.10. The standard InChI is InChI=1S/C13H9BrN2O3/c1-7-4-5-18-11(7)12-15-13(19-16-12)8-2-3-9(14)10(17)6-8/h2-6,17H,1H3. The maximum absolute atomic E-state index is 9.64. The number of nitrogens with zero attached hydrogens (tertiary/aromatic N) is 2. The number of furan rings is 1. The van der Waals surface area contributed by atoms with Gasteiger partial charge in [-0.15, -0.1) is 0 Å². The van der Waals surface area contributed by atoms with Crippen LogP contribution in [0.5, 0.6) is 5.75 Å². The molecule has 2 heterocycles. The first-order valence-corrected chi connectivity index (χ1v) is 6.31. The number of benzene rings is 1. The monoisotopic (exact) mass is 320 g/mol. The maximum atomic E-state index is 9.64. The average Bonchev–Trinajstić information content (AvgIpc) is 3.01. The molecule has 0 aliphatic heterocycles. The van der Waals surface area contributed by atoms with E-state index in [2.05, 4.69) is 26.1 Å². The van der Waals surface area contributed by atoms with Crippen molar-refractivity contribution in [2.45, 2.75) is 6.92 Å². The largest absolute Gasteiger partial charge is 0.507 e. The van der Waals surface area contributed by atoms with E-state index in [1.165, 1.54) is 0 Å². The summed E-state index contributed by atoms with van der Waals surface area (Å²) in [5, 5.41) is 13.5. The molecule has 0 spiro atoms.